The summed E-state index contributed by atoms with van der Waals surface area (Å²) in [7, 11) is 1.62. The summed E-state index contributed by atoms with van der Waals surface area (Å²) in [6, 6.07) is -0.0128. The van der Waals surface area contributed by atoms with Gasteiger partial charge in [-0.2, -0.15) is 0 Å². The van der Waals surface area contributed by atoms with Crippen molar-refractivity contribution >= 4 is 6.03 Å². The fraction of sp³-hybridized carbons (Fsp3) is 0.929. The van der Waals surface area contributed by atoms with Crippen molar-refractivity contribution in [2.45, 2.75) is 57.7 Å². The molecule has 0 radical (unpaired) electrons. The molecule has 0 aromatic rings. The highest BCUT2D eigenvalue weighted by atomic mass is 16.5. The predicted octanol–water partition coefficient (Wildman–Crippen LogP) is 1.22. The fourth-order valence-electron chi connectivity index (χ4n) is 2.99. The summed E-state index contributed by atoms with van der Waals surface area (Å²) in [6.07, 6.45) is 1.82. The van der Waals surface area contributed by atoms with Crippen LogP contribution in [-0.2, 0) is 9.47 Å². The quantitative estimate of drug-likeness (QED) is 0.507. The second-order valence-electron chi connectivity index (χ2n) is 6.69. The van der Waals surface area contributed by atoms with Gasteiger partial charge in [0.05, 0.1) is 13.2 Å². The molecule has 0 aliphatic carbocycles. The summed E-state index contributed by atoms with van der Waals surface area (Å²) in [6.45, 7) is 9.85. The maximum atomic E-state index is 11.8. The third-order valence-electron chi connectivity index (χ3n) is 3.29. The number of piperidine rings is 1. The highest BCUT2D eigenvalue weighted by Gasteiger charge is 2.38. The molecule has 0 aromatic heterocycles. The van der Waals surface area contributed by atoms with Crippen LogP contribution in [0.15, 0.2) is 0 Å². The van der Waals surface area contributed by atoms with Gasteiger partial charge in [-0.1, -0.05) is 0 Å². The molecule has 3 N–H and O–H groups in total. The molecule has 1 rings (SSSR count). The molecule has 6 heteroatoms. The van der Waals surface area contributed by atoms with Crippen molar-refractivity contribution in [1.29, 1.82) is 0 Å². The minimum absolute atomic E-state index is 0.0225. The van der Waals surface area contributed by atoms with Crippen LogP contribution < -0.4 is 16.0 Å². The Balaban J connectivity index is 2.30. The molecule has 2 amide bonds. The SMILES string of the molecule is COCCOCNC(=O)NC1CC(C)(C)NC(C)(C)C1. The van der Waals surface area contributed by atoms with Crippen LogP contribution in [0.25, 0.3) is 0 Å². The molecule has 1 saturated heterocycles. The molecule has 1 aliphatic heterocycles. The van der Waals surface area contributed by atoms with Gasteiger partial charge < -0.3 is 25.4 Å². The van der Waals surface area contributed by atoms with E-state index >= 15 is 0 Å². The Labute approximate surface area is 122 Å². The molecule has 0 atom stereocenters. The van der Waals surface area contributed by atoms with E-state index in [1.54, 1.807) is 7.11 Å². The van der Waals surface area contributed by atoms with Gasteiger partial charge in [-0.3, -0.25) is 0 Å². The summed E-state index contributed by atoms with van der Waals surface area (Å²) in [5.41, 5.74) is 0.0450. The van der Waals surface area contributed by atoms with Gasteiger partial charge in [0.1, 0.15) is 6.73 Å². The zero-order valence-electron chi connectivity index (χ0n) is 13.3. The van der Waals surface area contributed by atoms with Crippen molar-refractivity contribution in [1.82, 2.24) is 16.0 Å². The first-order chi connectivity index (χ1) is 9.24. The minimum Gasteiger partial charge on any atom is -0.382 e. The van der Waals surface area contributed by atoms with Gasteiger partial charge in [0.2, 0.25) is 0 Å². The van der Waals surface area contributed by atoms with Crippen LogP contribution in [0.4, 0.5) is 4.79 Å². The standard InChI is InChI=1S/C14H29N3O3/c1-13(2)8-11(9-14(3,4)17-13)16-12(18)15-10-20-7-6-19-5/h11,17H,6-10H2,1-5H3,(H2,15,16,18). The van der Waals surface area contributed by atoms with Gasteiger partial charge in [0.25, 0.3) is 0 Å². The summed E-state index contributed by atoms with van der Waals surface area (Å²) < 4.78 is 10.1. The van der Waals surface area contributed by atoms with E-state index in [4.69, 9.17) is 9.47 Å². The Bertz CT molecular complexity index is 303. The lowest BCUT2D eigenvalue weighted by Crippen LogP contribution is -2.62. The van der Waals surface area contributed by atoms with Crippen molar-refractivity contribution in [2.24, 2.45) is 0 Å². The van der Waals surface area contributed by atoms with Gasteiger partial charge in [-0.05, 0) is 40.5 Å². The molecule has 0 spiro atoms. The molecule has 0 bridgehead atoms. The van der Waals surface area contributed by atoms with E-state index in [9.17, 15) is 4.79 Å². The van der Waals surface area contributed by atoms with E-state index in [2.05, 4.69) is 43.6 Å². The van der Waals surface area contributed by atoms with Crippen molar-refractivity contribution in [3.8, 4) is 0 Å². The van der Waals surface area contributed by atoms with Gasteiger partial charge in [-0.15, -0.1) is 0 Å². The molecule has 0 unspecified atom stereocenters. The highest BCUT2D eigenvalue weighted by molar-refractivity contribution is 5.74. The Hall–Kier alpha value is -0.850. The maximum absolute atomic E-state index is 11.8. The van der Waals surface area contributed by atoms with Crippen molar-refractivity contribution in [3.63, 3.8) is 0 Å². The van der Waals surface area contributed by atoms with Gasteiger partial charge >= 0.3 is 6.03 Å². The number of urea groups is 1. The number of rotatable bonds is 6. The van der Waals surface area contributed by atoms with Crippen molar-refractivity contribution in [3.05, 3.63) is 0 Å². The number of methoxy groups -OCH3 is 1. The summed E-state index contributed by atoms with van der Waals surface area (Å²) >= 11 is 0. The topological polar surface area (TPSA) is 71.6 Å². The van der Waals surface area contributed by atoms with Crippen molar-refractivity contribution < 1.29 is 14.3 Å². The predicted molar refractivity (Wildman–Crippen MR) is 78.7 cm³/mol. The number of carbonyl (C=O) groups is 1. The first-order valence-electron chi connectivity index (χ1n) is 7.14. The normalized spacial score (nSPS) is 21.4. The fourth-order valence-corrected chi connectivity index (χ4v) is 2.99. The molecule has 118 valence electrons. The Morgan fingerprint density at radius 1 is 1.20 bits per heavy atom. The smallest absolute Gasteiger partial charge is 0.316 e. The number of hydrogen-bond donors (Lipinski definition) is 3. The lowest BCUT2D eigenvalue weighted by atomic mass is 9.80. The van der Waals surface area contributed by atoms with Gasteiger partial charge in [-0.25, -0.2) is 4.79 Å². The van der Waals surface area contributed by atoms with E-state index < -0.39 is 0 Å². The van der Waals surface area contributed by atoms with E-state index in [0.717, 1.165) is 12.8 Å². The molecule has 0 saturated carbocycles. The summed E-state index contributed by atoms with van der Waals surface area (Å²) in [5, 5.41) is 9.31. The van der Waals surface area contributed by atoms with Crippen LogP contribution in [-0.4, -0.2) is 50.2 Å². The number of hydrogen-bond acceptors (Lipinski definition) is 4. The molecular formula is C14H29N3O3. The first-order valence-corrected chi connectivity index (χ1v) is 7.14. The molecule has 6 nitrogen and oxygen atoms in total. The van der Waals surface area contributed by atoms with E-state index in [1.807, 2.05) is 0 Å². The Kier molecular flexibility index (Phi) is 6.23. The highest BCUT2D eigenvalue weighted by Crippen LogP contribution is 2.28. The maximum Gasteiger partial charge on any atom is 0.316 e. The van der Waals surface area contributed by atoms with E-state index in [1.165, 1.54) is 0 Å². The van der Waals surface area contributed by atoms with Gasteiger partial charge in [0, 0.05) is 24.2 Å². The average Bonchev–Trinajstić information content (AvgIpc) is 2.24. The van der Waals surface area contributed by atoms with Crippen LogP contribution in [0.3, 0.4) is 0 Å². The molecule has 1 fully saturated rings. The molecule has 0 aromatic carbocycles. The first kappa shape index (κ1) is 17.2. The Morgan fingerprint density at radius 3 is 2.35 bits per heavy atom. The van der Waals surface area contributed by atoms with Crippen LogP contribution in [0, 0.1) is 0 Å². The number of amides is 2. The lowest BCUT2D eigenvalue weighted by molar-refractivity contribution is 0.0635. The zero-order chi connectivity index (χ0) is 15.2. The molecular weight excluding hydrogens is 258 g/mol. The second kappa shape index (κ2) is 7.24. The molecule has 1 heterocycles. The largest absolute Gasteiger partial charge is 0.382 e. The van der Waals surface area contributed by atoms with Crippen LogP contribution in [0.2, 0.25) is 0 Å². The second-order valence-corrected chi connectivity index (χ2v) is 6.69. The molecule has 1 aliphatic rings. The van der Waals surface area contributed by atoms with Crippen LogP contribution in [0.5, 0.6) is 0 Å². The van der Waals surface area contributed by atoms with E-state index in [-0.39, 0.29) is 29.9 Å². The van der Waals surface area contributed by atoms with Crippen LogP contribution >= 0.6 is 0 Å². The molecule has 20 heavy (non-hydrogen) atoms. The third kappa shape index (κ3) is 6.54. The minimum atomic E-state index is -0.180. The Morgan fingerprint density at radius 2 is 1.80 bits per heavy atom. The number of nitrogens with one attached hydrogen (secondary N) is 3. The van der Waals surface area contributed by atoms with Crippen LogP contribution in [0.1, 0.15) is 40.5 Å². The number of ether oxygens (including phenoxy) is 2. The monoisotopic (exact) mass is 287 g/mol. The summed E-state index contributed by atoms with van der Waals surface area (Å²) in [5.74, 6) is 0. The number of carbonyl (C=O) groups excluding carboxylic acids is 1. The third-order valence-corrected chi connectivity index (χ3v) is 3.29. The van der Waals surface area contributed by atoms with E-state index in [0.29, 0.717) is 13.2 Å². The lowest BCUT2D eigenvalue weighted by Gasteiger charge is -2.46. The van der Waals surface area contributed by atoms with Crippen molar-refractivity contribution in [2.75, 3.05) is 27.1 Å². The zero-order valence-corrected chi connectivity index (χ0v) is 13.3. The average molecular weight is 287 g/mol. The van der Waals surface area contributed by atoms with Gasteiger partial charge in [0.15, 0.2) is 0 Å². The summed E-state index contributed by atoms with van der Waals surface area (Å²) in [4.78, 5) is 11.8.